The maximum atomic E-state index is 12.7. The highest BCUT2D eigenvalue weighted by atomic mass is 16.1. The van der Waals surface area contributed by atoms with Crippen molar-refractivity contribution in [1.29, 1.82) is 5.41 Å². The molecule has 0 fully saturated rings. The number of benzene rings is 3. The fraction of sp³-hybridized carbons (Fsp3) is 0.0741. The van der Waals surface area contributed by atoms with E-state index in [1.165, 1.54) is 0 Å². The zero-order chi connectivity index (χ0) is 23.5. The summed E-state index contributed by atoms with van der Waals surface area (Å²) in [5.74, 6) is -0.0159. The number of para-hydroxylation sites is 1. The van der Waals surface area contributed by atoms with E-state index in [0.717, 1.165) is 22.4 Å². The maximum Gasteiger partial charge on any atom is 0.228 e. The summed E-state index contributed by atoms with van der Waals surface area (Å²) in [7, 11) is 0. The lowest BCUT2D eigenvalue weighted by molar-refractivity contribution is -0.115. The highest BCUT2D eigenvalue weighted by Gasteiger charge is 2.20. The molecule has 0 saturated carbocycles. The number of fused-ring (bicyclic) bond motifs is 3. The van der Waals surface area contributed by atoms with Gasteiger partial charge < -0.3 is 16.0 Å². The number of aromatic nitrogens is 2. The summed E-state index contributed by atoms with van der Waals surface area (Å²) in [5.41, 5.74) is 5.15. The van der Waals surface area contributed by atoms with E-state index >= 15 is 0 Å². The number of hydrogen-bond acceptors (Lipinski definition) is 6. The van der Waals surface area contributed by atoms with Gasteiger partial charge in [0.15, 0.2) is 0 Å². The first-order valence-corrected chi connectivity index (χ1v) is 10.8. The molecular formula is C27H21N5O2. The van der Waals surface area contributed by atoms with E-state index in [9.17, 15) is 9.59 Å². The van der Waals surface area contributed by atoms with Crippen LogP contribution in [0.1, 0.15) is 21.5 Å². The summed E-state index contributed by atoms with van der Waals surface area (Å²) in [6, 6.07) is 23.9. The second-order valence-electron chi connectivity index (χ2n) is 8.01. The molecule has 0 radical (unpaired) electrons. The van der Waals surface area contributed by atoms with Crippen LogP contribution in [0, 0.1) is 5.41 Å². The molecule has 3 aromatic carbocycles. The number of nitrogens with zero attached hydrogens (tertiary/aromatic N) is 2. The number of carbonyl (C=O) groups is 2. The fourth-order valence-electron chi connectivity index (χ4n) is 3.88. The minimum atomic E-state index is -0.301. The van der Waals surface area contributed by atoms with E-state index in [1.807, 2.05) is 54.6 Å². The number of ketones is 1. The minimum absolute atomic E-state index is 0.0443. The second-order valence-corrected chi connectivity index (χ2v) is 8.01. The monoisotopic (exact) mass is 447 g/mol. The zero-order valence-electron chi connectivity index (χ0n) is 18.2. The average molecular weight is 447 g/mol. The van der Waals surface area contributed by atoms with Crippen molar-refractivity contribution in [2.24, 2.45) is 0 Å². The standard InChI is InChI=1S/C27H21N5O2/c28-22(14-17-6-2-1-3-7-17)26(34)18-10-12-20(13-11-18)30-27-29-16-19-15-24(33)31-23-9-5-4-8-21(23)25(19)32-27/h1-13,16,28H,14-15H2,(H,31,33)(H,29,30,32). The summed E-state index contributed by atoms with van der Waals surface area (Å²) >= 11 is 0. The summed E-state index contributed by atoms with van der Waals surface area (Å²) < 4.78 is 0. The van der Waals surface area contributed by atoms with E-state index in [1.54, 1.807) is 30.5 Å². The number of amides is 1. The molecule has 1 aliphatic heterocycles. The second kappa shape index (κ2) is 9.07. The molecule has 0 spiro atoms. The maximum absolute atomic E-state index is 12.7. The number of nitrogens with one attached hydrogen (secondary N) is 3. The van der Waals surface area contributed by atoms with Crippen molar-refractivity contribution in [3.8, 4) is 11.3 Å². The van der Waals surface area contributed by atoms with Crippen molar-refractivity contribution < 1.29 is 9.59 Å². The van der Waals surface area contributed by atoms with Gasteiger partial charge in [-0.2, -0.15) is 0 Å². The van der Waals surface area contributed by atoms with E-state index in [-0.39, 0.29) is 23.8 Å². The van der Waals surface area contributed by atoms with Crippen LogP contribution >= 0.6 is 0 Å². The van der Waals surface area contributed by atoms with Crippen molar-refractivity contribution >= 4 is 34.7 Å². The highest BCUT2D eigenvalue weighted by Crippen LogP contribution is 2.32. The molecule has 0 atom stereocenters. The minimum Gasteiger partial charge on any atom is -0.325 e. The summed E-state index contributed by atoms with van der Waals surface area (Å²) in [6.45, 7) is 0. The molecule has 1 aliphatic rings. The normalized spacial score (nSPS) is 12.1. The molecule has 3 N–H and O–H groups in total. The van der Waals surface area contributed by atoms with Gasteiger partial charge in [0, 0.05) is 35.0 Å². The van der Waals surface area contributed by atoms with Gasteiger partial charge in [0.2, 0.25) is 17.6 Å². The fourth-order valence-corrected chi connectivity index (χ4v) is 3.88. The molecule has 5 rings (SSSR count). The number of hydrogen-bond donors (Lipinski definition) is 3. The summed E-state index contributed by atoms with van der Waals surface area (Å²) in [6.07, 6.45) is 2.16. The van der Waals surface area contributed by atoms with Crippen LogP contribution in [0.3, 0.4) is 0 Å². The first-order valence-electron chi connectivity index (χ1n) is 10.8. The predicted molar refractivity (Wildman–Crippen MR) is 132 cm³/mol. The molecular weight excluding hydrogens is 426 g/mol. The number of carbonyl (C=O) groups excluding carboxylic acids is 2. The SMILES string of the molecule is N=C(Cc1ccccc1)C(=O)c1ccc(Nc2ncc3c(n2)-c2ccccc2NC(=O)C3)cc1. The lowest BCUT2D eigenvalue weighted by atomic mass is 10.0. The van der Waals surface area contributed by atoms with Gasteiger partial charge in [0.1, 0.15) is 0 Å². The molecule has 0 bridgehead atoms. The van der Waals surface area contributed by atoms with Crippen LogP contribution in [-0.4, -0.2) is 27.4 Å². The van der Waals surface area contributed by atoms with Crippen molar-refractivity contribution in [2.75, 3.05) is 10.6 Å². The third-order valence-corrected chi connectivity index (χ3v) is 5.57. The Kier molecular flexibility index (Phi) is 5.66. The van der Waals surface area contributed by atoms with Crippen molar-refractivity contribution in [2.45, 2.75) is 12.8 Å². The molecule has 34 heavy (non-hydrogen) atoms. The van der Waals surface area contributed by atoms with E-state index in [2.05, 4.69) is 20.6 Å². The molecule has 1 amide bonds. The first kappa shape index (κ1) is 21.2. The molecule has 0 aliphatic carbocycles. The lowest BCUT2D eigenvalue weighted by Gasteiger charge is -2.11. The molecule has 166 valence electrons. The Morgan fingerprint density at radius 3 is 2.50 bits per heavy atom. The third kappa shape index (κ3) is 4.45. The predicted octanol–water partition coefficient (Wildman–Crippen LogP) is 4.83. The van der Waals surface area contributed by atoms with Gasteiger partial charge in [-0.3, -0.25) is 9.59 Å². The molecule has 7 nitrogen and oxygen atoms in total. The first-order chi connectivity index (χ1) is 16.6. The van der Waals surface area contributed by atoms with Crippen LogP contribution < -0.4 is 10.6 Å². The van der Waals surface area contributed by atoms with E-state index < -0.39 is 0 Å². The van der Waals surface area contributed by atoms with Gasteiger partial charge in [-0.05, 0) is 35.9 Å². The smallest absolute Gasteiger partial charge is 0.228 e. The largest absolute Gasteiger partial charge is 0.325 e. The van der Waals surface area contributed by atoms with Crippen LogP contribution in [-0.2, 0) is 17.6 Å². The van der Waals surface area contributed by atoms with Crippen molar-refractivity contribution in [1.82, 2.24) is 9.97 Å². The Hall–Kier alpha value is -4.65. The van der Waals surface area contributed by atoms with Crippen LogP contribution in [0.15, 0.2) is 85.1 Å². The molecule has 0 unspecified atom stereocenters. The number of rotatable bonds is 6. The number of Topliss-reactive ketones (excluding diaryl/α,β-unsaturated/α-hetero) is 1. The topological polar surface area (TPSA) is 108 Å². The van der Waals surface area contributed by atoms with Crippen LogP contribution in [0.2, 0.25) is 0 Å². The van der Waals surface area contributed by atoms with Crippen LogP contribution in [0.5, 0.6) is 0 Å². The molecule has 4 aromatic rings. The Balaban J connectivity index is 1.33. The Morgan fingerprint density at radius 2 is 1.71 bits per heavy atom. The molecule has 7 heteroatoms. The summed E-state index contributed by atoms with van der Waals surface area (Å²) in [4.78, 5) is 33.9. The Morgan fingerprint density at radius 1 is 0.971 bits per heavy atom. The van der Waals surface area contributed by atoms with Crippen molar-refractivity contribution in [3.05, 3.63) is 102 Å². The van der Waals surface area contributed by atoms with Crippen molar-refractivity contribution in [3.63, 3.8) is 0 Å². The zero-order valence-corrected chi connectivity index (χ0v) is 18.2. The van der Waals surface area contributed by atoms with Crippen LogP contribution in [0.25, 0.3) is 11.3 Å². The third-order valence-electron chi connectivity index (χ3n) is 5.57. The highest BCUT2D eigenvalue weighted by molar-refractivity contribution is 6.45. The molecule has 0 saturated heterocycles. The lowest BCUT2D eigenvalue weighted by Crippen LogP contribution is -2.15. The number of anilines is 3. The molecule has 2 heterocycles. The van der Waals surface area contributed by atoms with Crippen LogP contribution in [0.4, 0.5) is 17.3 Å². The van der Waals surface area contributed by atoms with Gasteiger partial charge in [-0.25, -0.2) is 9.97 Å². The van der Waals surface area contributed by atoms with Gasteiger partial charge in [-0.15, -0.1) is 0 Å². The van der Waals surface area contributed by atoms with Gasteiger partial charge in [0.25, 0.3) is 0 Å². The average Bonchev–Trinajstić information content (AvgIpc) is 3.00. The van der Waals surface area contributed by atoms with Gasteiger partial charge in [-0.1, -0.05) is 48.5 Å². The molecule has 1 aromatic heterocycles. The Bertz CT molecular complexity index is 1400. The Labute approximate surface area is 196 Å². The van der Waals surface area contributed by atoms with E-state index in [0.29, 0.717) is 29.3 Å². The quantitative estimate of drug-likeness (QED) is 0.290. The summed E-state index contributed by atoms with van der Waals surface area (Å²) in [5, 5.41) is 14.2. The van der Waals surface area contributed by atoms with Gasteiger partial charge in [0.05, 0.1) is 23.5 Å². The van der Waals surface area contributed by atoms with E-state index in [4.69, 9.17) is 5.41 Å². The van der Waals surface area contributed by atoms with Gasteiger partial charge >= 0.3 is 0 Å².